The van der Waals surface area contributed by atoms with Gasteiger partial charge in [-0.3, -0.25) is 14.9 Å². The van der Waals surface area contributed by atoms with Crippen LogP contribution in [-0.2, 0) is 20.8 Å². The fourth-order valence-corrected chi connectivity index (χ4v) is 3.50. The molecule has 0 spiro atoms. The number of hydrogen-bond acceptors (Lipinski definition) is 7. The zero-order chi connectivity index (χ0) is 21.2. The molecule has 1 aliphatic rings. The van der Waals surface area contributed by atoms with Gasteiger partial charge in [0.2, 0.25) is 0 Å². The number of benzene rings is 1. The van der Waals surface area contributed by atoms with E-state index in [1.165, 1.54) is 6.07 Å². The average Bonchev–Trinajstić information content (AvgIpc) is 3.18. The average molecular weight is 408 g/mol. The van der Waals surface area contributed by atoms with Crippen LogP contribution in [0.1, 0.15) is 51.5 Å². The summed E-state index contributed by atoms with van der Waals surface area (Å²) in [5, 5.41) is 17.7. The summed E-state index contributed by atoms with van der Waals surface area (Å²) in [6.45, 7) is 5.42. The number of nitro benzene ring substituents is 1. The largest absolute Gasteiger partial charge is 0.461 e. The molecule has 8 nitrogen and oxygen atoms in total. The number of nitrogens with one attached hydrogen (secondary N) is 2. The molecule has 0 heterocycles. The van der Waals surface area contributed by atoms with Gasteiger partial charge in [-0.25, -0.2) is 0 Å². The Hall–Kier alpha value is -2.19. The number of nitrogens with zero attached hydrogens (tertiary/aromatic N) is 1. The van der Waals surface area contributed by atoms with Crippen LogP contribution in [-0.4, -0.2) is 43.3 Å². The molecule has 0 unspecified atom stereocenters. The minimum Gasteiger partial charge on any atom is -0.461 e. The second-order valence-corrected chi connectivity index (χ2v) is 7.93. The van der Waals surface area contributed by atoms with E-state index in [0.29, 0.717) is 37.7 Å². The smallest absolute Gasteiger partial charge is 0.323 e. The molecular weight excluding hydrogens is 374 g/mol. The second kappa shape index (κ2) is 11.7. The zero-order valence-electron chi connectivity index (χ0n) is 17.6. The normalized spacial score (nSPS) is 15.4. The van der Waals surface area contributed by atoms with Crippen LogP contribution in [0.5, 0.6) is 0 Å². The van der Waals surface area contributed by atoms with Crippen LogP contribution < -0.4 is 10.6 Å². The van der Waals surface area contributed by atoms with E-state index in [0.717, 1.165) is 31.2 Å². The van der Waals surface area contributed by atoms with Gasteiger partial charge in [-0.1, -0.05) is 19.9 Å². The Morgan fingerprint density at radius 2 is 2.03 bits per heavy atom. The van der Waals surface area contributed by atoms with Crippen LogP contribution in [0.2, 0.25) is 0 Å². The summed E-state index contributed by atoms with van der Waals surface area (Å²) >= 11 is 0. The highest BCUT2D eigenvalue weighted by molar-refractivity contribution is 5.76. The Kier molecular flexibility index (Phi) is 9.34. The van der Waals surface area contributed by atoms with Crippen LogP contribution in [0.4, 0.5) is 11.4 Å². The maximum Gasteiger partial charge on any atom is 0.323 e. The standard InChI is InChI=1S/C21H33N3O5/c1-15(2)12-19(21(25)29-17-6-4-5-7-17)23-14-16-8-9-18(22-10-11-28-3)20(13-16)24(26)27/h8-9,13,15,17,19,22-23H,4-7,10-12,14H2,1-3H3/t19-/m0/s1. The van der Waals surface area contributed by atoms with Crippen LogP contribution in [0.3, 0.4) is 0 Å². The quantitative estimate of drug-likeness (QED) is 0.236. The van der Waals surface area contributed by atoms with Crippen LogP contribution >= 0.6 is 0 Å². The summed E-state index contributed by atoms with van der Waals surface area (Å²) in [5.41, 5.74) is 1.21. The molecule has 2 N–H and O–H groups in total. The second-order valence-electron chi connectivity index (χ2n) is 7.93. The number of ether oxygens (including phenoxy) is 2. The molecule has 1 fully saturated rings. The topological polar surface area (TPSA) is 103 Å². The molecule has 162 valence electrons. The van der Waals surface area contributed by atoms with Gasteiger partial charge in [-0.15, -0.1) is 0 Å². The van der Waals surface area contributed by atoms with Crippen molar-refractivity contribution in [3.63, 3.8) is 0 Å². The van der Waals surface area contributed by atoms with Gasteiger partial charge in [0.25, 0.3) is 5.69 Å². The molecule has 2 rings (SSSR count). The molecular formula is C21H33N3O5. The Balaban J connectivity index is 2.01. The van der Waals surface area contributed by atoms with E-state index in [2.05, 4.69) is 24.5 Å². The van der Waals surface area contributed by atoms with E-state index >= 15 is 0 Å². The number of methoxy groups -OCH3 is 1. The third-order valence-corrected chi connectivity index (χ3v) is 5.01. The number of esters is 1. The van der Waals surface area contributed by atoms with Crippen molar-refractivity contribution in [2.45, 2.75) is 64.6 Å². The lowest BCUT2D eigenvalue weighted by Crippen LogP contribution is -2.40. The van der Waals surface area contributed by atoms with Crippen molar-refractivity contribution in [3.05, 3.63) is 33.9 Å². The van der Waals surface area contributed by atoms with Crippen molar-refractivity contribution in [2.24, 2.45) is 5.92 Å². The molecule has 1 saturated carbocycles. The van der Waals surface area contributed by atoms with E-state index in [9.17, 15) is 14.9 Å². The molecule has 0 aromatic heterocycles. The van der Waals surface area contributed by atoms with Gasteiger partial charge >= 0.3 is 5.97 Å². The fourth-order valence-electron chi connectivity index (χ4n) is 3.50. The van der Waals surface area contributed by atoms with Crippen molar-refractivity contribution in [1.29, 1.82) is 0 Å². The molecule has 1 aliphatic carbocycles. The van der Waals surface area contributed by atoms with Crippen LogP contribution in [0.25, 0.3) is 0 Å². The number of carbonyl (C=O) groups excluding carboxylic acids is 1. The Bertz CT molecular complexity index is 674. The number of anilines is 1. The molecule has 0 radical (unpaired) electrons. The lowest BCUT2D eigenvalue weighted by molar-refractivity contribution is -0.384. The van der Waals surface area contributed by atoms with Crippen molar-refractivity contribution in [1.82, 2.24) is 5.32 Å². The predicted molar refractivity (Wildman–Crippen MR) is 112 cm³/mol. The first-order chi connectivity index (χ1) is 13.9. The van der Waals surface area contributed by atoms with E-state index < -0.39 is 11.0 Å². The molecule has 1 aromatic carbocycles. The van der Waals surface area contributed by atoms with Gasteiger partial charge in [-0.05, 0) is 49.7 Å². The third-order valence-electron chi connectivity index (χ3n) is 5.01. The SMILES string of the molecule is COCCNc1ccc(CN[C@@H](CC(C)C)C(=O)OC2CCCC2)cc1[N+](=O)[O-]. The molecule has 0 amide bonds. The highest BCUT2D eigenvalue weighted by atomic mass is 16.6. The number of rotatable bonds is 12. The van der Waals surface area contributed by atoms with E-state index in [1.807, 2.05) is 6.07 Å². The minimum atomic E-state index is -0.422. The molecule has 0 bridgehead atoms. The highest BCUT2D eigenvalue weighted by Gasteiger charge is 2.26. The van der Waals surface area contributed by atoms with Crippen LogP contribution in [0, 0.1) is 16.0 Å². The molecule has 29 heavy (non-hydrogen) atoms. The van der Waals surface area contributed by atoms with E-state index in [4.69, 9.17) is 9.47 Å². The monoisotopic (exact) mass is 407 g/mol. The first kappa shape index (κ1) is 23.1. The maximum absolute atomic E-state index is 12.6. The zero-order valence-corrected chi connectivity index (χ0v) is 17.6. The predicted octanol–water partition coefficient (Wildman–Crippen LogP) is 3.64. The Morgan fingerprint density at radius 3 is 2.66 bits per heavy atom. The summed E-state index contributed by atoms with van der Waals surface area (Å²) in [4.78, 5) is 23.6. The van der Waals surface area contributed by atoms with Gasteiger partial charge < -0.3 is 20.1 Å². The van der Waals surface area contributed by atoms with Crippen molar-refractivity contribution in [3.8, 4) is 0 Å². The first-order valence-electron chi connectivity index (χ1n) is 10.3. The lowest BCUT2D eigenvalue weighted by atomic mass is 10.0. The third kappa shape index (κ3) is 7.62. The summed E-state index contributed by atoms with van der Waals surface area (Å²) < 4.78 is 10.6. The van der Waals surface area contributed by atoms with Gasteiger partial charge in [0, 0.05) is 26.3 Å². The van der Waals surface area contributed by atoms with Crippen LogP contribution in [0.15, 0.2) is 18.2 Å². The van der Waals surface area contributed by atoms with Crippen molar-refractivity contribution < 1.29 is 19.2 Å². The Labute approximate surface area is 172 Å². The minimum absolute atomic E-state index is 0.00865. The number of carbonyl (C=O) groups is 1. The lowest BCUT2D eigenvalue weighted by Gasteiger charge is -2.22. The number of hydrogen-bond donors (Lipinski definition) is 2. The molecule has 1 atom stereocenters. The van der Waals surface area contributed by atoms with Crippen molar-refractivity contribution in [2.75, 3.05) is 25.6 Å². The molecule has 1 aromatic rings. The summed E-state index contributed by atoms with van der Waals surface area (Å²) in [6, 6.07) is 4.63. The van der Waals surface area contributed by atoms with E-state index in [-0.39, 0.29) is 17.8 Å². The van der Waals surface area contributed by atoms with Gasteiger partial charge in [0.15, 0.2) is 0 Å². The highest BCUT2D eigenvalue weighted by Crippen LogP contribution is 2.26. The number of nitro groups is 1. The Morgan fingerprint density at radius 1 is 1.31 bits per heavy atom. The molecule has 0 saturated heterocycles. The first-order valence-corrected chi connectivity index (χ1v) is 10.3. The molecule has 0 aliphatic heterocycles. The van der Waals surface area contributed by atoms with Crippen molar-refractivity contribution >= 4 is 17.3 Å². The summed E-state index contributed by atoms with van der Waals surface area (Å²) in [6.07, 6.45) is 4.76. The molecule has 8 heteroatoms. The fraction of sp³-hybridized carbons (Fsp3) is 0.667. The van der Waals surface area contributed by atoms with E-state index in [1.54, 1.807) is 13.2 Å². The summed E-state index contributed by atoms with van der Waals surface area (Å²) in [7, 11) is 1.58. The maximum atomic E-state index is 12.6. The van der Waals surface area contributed by atoms with Gasteiger partial charge in [-0.2, -0.15) is 0 Å². The van der Waals surface area contributed by atoms with Gasteiger partial charge in [0.1, 0.15) is 17.8 Å². The van der Waals surface area contributed by atoms with Gasteiger partial charge in [0.05, 0.1) is 11.5 Å². The summed E-state index contributed by atoms with van der Waals surface area (Å²) in [5.74, 6) is 0.100.